The fraction of sp³-hybridized carbons (Fsp3) is 0.261. The lowest BCUT2D eigenvalue weighted by Crippen LogP contribution is -2.06. The van der Waals surface area contributed by atoms with Crippen molar-refractivity contribution in [2.24, 2.45) is 0 Å². The SMILES string of the molecule is CC(=O)c1ccc(OCCCCCOc2ccc3c(=O)cc(C(=O)O)oc3c2)cc1O. The largest absolute Gasteiger partial charge is 0.507 e. The van der Waals surface area contributed by atoms with Crippen LogP contribution in [0.2, 0.25) is 0 Å². The van der Waals surface area contributed by atoms with E-state index in [1.807, 2.05) is 0 Å². The van der Waals surface area contributed by atoms with Gasteiger partial charge >= 0.3 is 5.97 Å². The first-order valence-corrected chi connectivity index (χ1v) is 9.76. The molecule has 2 N–H and O–H groups in total. The van der Waals surface area contributed by atoms with Gasteiger partial charge in [-0.2, -0.15) is 0 Å². The smallest absolute Gasteiger partial charge is 0.371 e. The summed E-state index contributed by atoms with van der Waals surface area (Å²) in [5.41, 5.74) is 0.000875. The van der Waals surface area contributed by atoms with Crippen LogP contribution >= 0.6 is 0 Å². The Morgan fingerprint density at radius 2 is 1.58 bits per heavy atom. The Morgan fingerprint density at radius 3 is 2.19 bits per heavy atom. The molecule has 1 heterocycles. The monoisotopic (exact) mass is 426 g/mol. The van der Waals surface area contributed by atoms with Gasteiger partial charge in [0.2, 0.25) is 5.76 Å². The molecule has 1 aromatic heterocycles. The van der Waals surface area contributed by atoms with Crippen molar-refractivity contribution in [3.8, 4) is 17.2 Å². The number of carbonyl (C=O) groups excluding carboxylic acids is 1. The van der Waals surface area contributed by atoms with Crippen LogP contribution in [-0.4, -0.2) is 35.2 Å². The minimum Gasteiger partial charge on any atom is -0.507 e. The van der Waals surface area contributed by atoms with E-state index in [1.54, 1.807) is 18.2 Å². The number of aromatic carboxylic acids is 1. The Bertz CT molecular complexity index is 1160. The Balaban J connectivity index is 1.43. The van der Waals surface area contributed by atoms with Gasteiger partial charge in [0.25, 0.3) is 0 Å². The van der Waals surface area contributed by atoms with Crippen LogP contribution < -0.4 is 14.9 Å². The van der Waals surface area contributed by atoms with Gasteiger partial charge in [-0.3, -0.25) is 9.59 Å². The summed E-state index contributed by atoms with van der Waals surface area (Å²) in [5, 5.41) is 19.1. The van der Waals surface area contributed by atoms with Gasteiger partial charge in [0, 0.05) is 18.2 Å². The highest BCUT2D eigenvalue weighted by molar-refractivity contribution is 5.96. The molecule has 31 heavy (non-hydrogen) atoms. The Morgan fingerprint density at radius 1 is 0.935 bits per heavy atom. The molecule has 8 nitrogen and oxygen atoms in total. The molecule has 0 radical (unpaired) electrons. The predicted octanol–water partition coefficient (Wildman–Crippen LogP) is 4.03. The molecule has 2 aromatic carbocycles. The van der Waals surface area contributed by atoms with E-state index in [2.05, 4.69) is 0 Å². The van der Waals surface area contributed by atoms with E-state index in [9.17, 15) is 19.5 Å². The highest BCUT2D eigenvalue weighted by Crippen LogP contribution is 2.24. The number of hydrogen-bond acceptors (Lipinski definition) is 7. The molecular formula is C23H22O8. The normalized spacial score (nSPS) is 10.7. The number of phenolic OH excluding ortho intramolecular Hbond substituents is 1. The number of ketones is 1. The van der Waals surface area contributed by atoms with Crippen molar-refractivity contribution in [1.29, 1.82) is 0 Å². The van der Waals surface area contributed by atoms with Gasteiger partial charge in [-0.25, -0.2) is 4.79 Å². The van der Waals surface area contributed by atoms with Gasteiger partial charge in [-0.15, -0.1) is 0 Å². The molecule has 0 fully saturated rings. The number of hydrogen-bond donors (Lipinski definition) is 2. The maximum Gasteiger partial charge on any atom is 0.371 e. The maximum atomic E-state index is 11.9. The van der Waals surface area contributed by atoms with Crippen molar-refractivity contribution in [3.05, 3.63) is 64.0 Å². The molecule has 0 atom stereocenters. The number of phenols is 1. The Hall–Kier alpha value is -3.81. The minimum absolute atomic E-state index is 0.0971. The van der Waals surface area contributed by atoms with E-state index >= 15 is 0 Å². The van der Waals surface area contributed by atoms with Gasteiger partial charge in [0.05, 0.1) is 24.2 Å². The number of benzene rings is 2. The molecule has 0 bridgehead atoms. The van der Waals surface area contributed by atoms with Crippen molar-refractivity contribution in [3.63, 3.8) is 0 Å². The molecule has 3 rings (SSSR count). The predicted molar refractivity (Wildman–Crippen MR) is 112 cm³/mol. The van der Waals surface area contributed by atoms with Crippen LogP contribution in [0.5, 0.6) is 17.2 Å². The fourth-order valence-electron chi connectivity index (χ4n) is 2.99. The third-order valence-electron chi connectivity index (χ3n) is 4.59. The van der Waals surface area contributed by atoms with E-state index in [1.165, 1.54) is 25.1 Å². The average Bonchev–Trinajstić information content (AvgIpc) is 2.72. The molecular weight excluding hydrogens is 404 g/mol. The fourth-order valence-corrected chi connectivity index (χ4v) is 2.99. The number of rotatable bonds is 10. The Kier molecular flexibility index (Phi) is 6.92. The molecule has 3 aromatic rings. The van der Waals surface area contributed by atoms with Gasteiger partial charge in [0.15, 0.2) is 11.2 Å². The zero-order valence-electron chi connectivity index (χ0n) is 16.9. The molecule has 0 unspecified atom stereocenters. The molecule has 0 saturated heterocycles. The van der Waals surface area contributed by atoms with Crippen LogP contribution in [0.1, 0.15) is 47.1 Å². The minimum atomic E-state index is -1.31. The second-order valence-corrected chi connectivity index (χ2v) is 6.93. The maximum absolute atomic E-state index is 11.9. The number of Topliss-reactive ketones (excluding diaryl/α,β-unsaturated/α-hetero) is 1. The first kappa shape index (κ1) is 21.9. The number of ether oxygens (including phenoxy) is 2. The van der Waals surface area contributed by atoms with Gasteiger partial charge < -0.3 is 24.1 Å². The Labute approximate surface area is 177 Å². The van der Waals surface area contributed by atoms with Crippen molar-refractivity contribution in [2.45, 2.75) is 26.2 Å². The quantitative estimate of drug-likeness (QED) is 0.368. The van der Waals surface area contributed by atoms with Crippen LogP contribution in [-0.2, 0) is 0 Å². The van der Waals surface area contributed by atoms with E-state index in [0.717, 1.165) is 25.3 Å². The summed E-state index contributed by atoms with van der Waals surface area (Å²) in [4.78, 5) is 34.3. The summed E-state index contributed by atoms with van der Waals surface area (Å²) in [5.74, 6) is -1.05. The van der Waals surface area contributed by atoms with Crippen LogP contribution in [0.3, 0.4) is 0 Å². The average molecular weight is 426 g/mol. The van der Waals surface area contributed by atoms with Crippen molar-refractivity contribution in [1.82, 2.24) is 0 Å². The number of unbranched alkanes of at least 4 members (excludes halogenated alkanes) is 2. The molecule has 0 aliphatic carbocycles. The van der Waals surface area contributed by atoms with Crippen molar-refractivity contribution < 1.29 is 33.7 Å². The highest BCUT2D eigenvalue weighted by Gasteiger charge is 2.11. The van der Waals surface area contributed by atoms with Gasteiger partial charge in [-0.05, 0) is 50.5 Å². The van der Waals surface area contributed by atoms with Gasteiger partial charge in [-0.1, -0.05) is 0 Å². The molecule has 0 saturated carbocycles. The first-order valence-electron chi connectivity index (χ1n) is 9.76. The lowest BCUT2D eigenvalue weighted by Gasteiger charge is -2.09. The van der Waals surface area contributed by atoms with Crippen LogP contribution in [0.25, 0.3) is 11.0 Å². The summed E-state index contributed by atoms with van der Waals surface area (Å²) < 4.78 is 16.5. The molecule has 0 spiro atoms. The number of carbonyl (C=O) groups is 2. The standard InChI is InChI=1S/C23H22O8/c1-14(24)17-7-5-15(11-19(17)25)29-9-3-2-4-10-30-16-6-8-18-20(26)13-22(23(27)28)31-21(18)12-16/h5-8,11-13,25H,2-4,9-10H2,1H3,(H,27,28). The molecule has 0 aliphatic heterocycles. The molecule has 162 valence electrons. The third kappa shape index (κ3) is 5.63. The molecule has 0 aliphatic rings. The lowest BCUT2D eigenvalue weighted by molar-refractivity contribution is 0.0662. The second kappa shape index (κ2) is 9.80. The van der Waals surface area contributed by atoms with Crippen molar-refractivity contribution >= 4 is 22.7 Å². The van der Waals surface area contributed by atoms with Crippen LogP contribution in [0, 0.1) is 0 Å². The van der Waals surface area contributed by atoms with Gasteiger partial charge in [0.1, 0.15) is 22.8 Å². The second-order valence-electron chi connectivity index (χ2n) is 6.93. The van der Waals surface area contributed by atoms with E-state index in [4.69, 9.17) is 19.0 Å². The number of carboxylic acid groups (broad SMARTS) is 1. The number of aromatic hydroxyl groups is 1. The van der Waals surface area contributed by atoms with E-state index < -0.39 is 17.2 Å². The van der Waals surface area contributed by atoms with E-state index in [-0.39, 0.29) is 28.1 Å². The number of fused-ring (bicyclic) bond motifs is 1. The highest BCUT2D eigenvalue weighted by atomic mass is 16.5. The summed E-state index contributed by atoms with van der Waals surface area (Å²) in [6, 6.07) is 10.2. The molecule has 0 amide bonds. The summed E-state index contributed by atoms with van der Waals surface area (Å²) >= 11 is 0. The number of carboxylic acids is 1. The summed E-state index contributed by atoms with van der Waals surface area (Å²) in [6.45, 7) is 2.28. The first-order chi connectivity index (χ1) is 14.8. The summed E-state index contributed by atoms with van der Waals surface area (Å²) in [7, 11) is 0. The zero-order chi connectivity index (χ0) is 22.4. The van der Waals surface area contributed by atoms with Crippen LogP contribution in [0.15, 0.2) is 51.7 Å². The lowest BCUT2D eigenvalue weighted by atomic mass is 10.1. The topological polar surface area (TPSA) is 123 Å². The van der Waals surface area contributed by atoms with Crippen molar-refractivity contribution in [2.75, 3.05) is 13.2 Å². The summed E-state index contributed by atoms with van der Waals surface area (Å²) in [6.07, 6.45) is 2.37. The third-order valence-corrected chi connectivity index (χ3v) is 4.59. The van der Waals surface area contributed by atoms with E-state index in [0.29, 0.717) is 24.7 Å². The zero-order valence-corrected chi connectivity index (χ0v) is 16.9. The van der Waals surface area contributed by atoms with Crippen LogP contribution in [0.4, 0.5) is 0 Å². The molecule has 8 heteroatoms.